The third-order valence-electron chi connectivity index (χ3n) is 3.51. The van der Waals surface area contributed by atoms with Gasteiger partial charge in [0.05, 0.1) is 6.04 Å². The summed E-state index contributed by atoms with van der Waals surface area (Å²) in [4.78, 5) is 13.8. The van der Waals surface area contributed by atoms with Crippen molar-refractivity contribution in [2.45, 2.75) is 38.9 Å². The van der Waals surface area contributed by atoms with E-state index in [0.717, 1.165) is 12.1 Å². The Morgan fingerprint density at radius 2 is 1.84 bits per heavy atom. The molecule has 1 aromatic carbocycles. The number of nitrogens with zero attached hydrogens (tertiary/aromatic N) is 1. The molecule has 0 aromatic heterocycles. The van der Waals surface area contributed by atoms with E-state index < -0.39 is 6.04 Å². The summed E-state index contributed by atoms with van der Waals surface area (Å²) in [5.41, 5.74) is 7.95. The maximum absolute atomic E-state index is 11.4. The van der Waals surface area contributed by atoms with Gasteiger partial charge in [0.25, 0.3) is 0 Å². The normalized spacial score (nSPS) is 17.4. The lowest BCUT2D eigenvalue weighted by Gasteiger charge is -2.14. The molecule has 1 fully saturated rings. The second kappa shape index (κ2) is 6.68. The fourth-order valence-electron chi connectivity index (χ4n) is 2.31. The van der Waals surface area contributed by atoms with E-state index in [9.17, 15) is 4.79 Å². The molecule has 2 rings (SSSR count). The number of amides is 1. The number of nitrogens with one attached hydrogen (secondary N) is 1. The fourth-order valence-corrected chi connectivity index (χ4v) is 2.31. The number of rotatable bonds is 5. The van der Waals surface area contributed by atoms with Crippen LogP contribution in [0.2, 0.25) is 0 Å². The lowest BCUT2D eigenvalue weighted by atomic mass is 10.1. The Morgan fingerprint density at radius 3 is 2.42 bits per heavy atom. The fraction of sp³-hybridized carbons (Fsp3) is 0.533. The summed E-state index contributed by atoms with van der Waals surface area (Å²) >= 11 is 0. The highest BCUT2D eigenvalue weighted by Gasteiger charge is 2.11. The van der Waals surface area contributed by atoms with E-state index >= 15 is 0 Å². The third-order valence-corrected chi connectivity index (χ3v) is 3.51. The van der Waals surface area contributed by atoms with E-state index in [1.54, 1.807) is 6.92 Å². The molecule has 1 unspecified atom stereocenters. The topological polar surface area (TPSA) is 58.4 Å². The highest BCUT2D eigenvalue weighted by molar-refractivity contribution is 5.80. The second-order valence-corrected chi connectivity index (χ2v) is 5.31. The van der Waals surface area contributed by atoms with Gasteiger partial charge in [-0.25, -0.2) is 0 Å². The minimum atomic E-state index is -0.450. The zero-order chi connectivity index (χ0) is 13.7. The Bertz CT molecular complexity index is 408. The first-order valence-electron chi connectivity index (χ1n) is 6.98. The summed E-state index contributed by atoms with van der Waals surface area (Å²) in [6, 6.07) is 7.99. The lowest BCUT2D eigenvalue weighted by molar-refractivity contribution is -0.122. The van der Waals surface area contributed by atoms with Crippen LogP contribution in [-0.2, 0) is 17.9 Å². The molecule has 1 amide bonds. The smallest absolute Gasteiger partial charge is 0.236 e. The third kappa shape index (κ3) is 4.33. The van der Waals surface area contributed by atoms with Crippen molar-refractivity contribution in [2.75, 3.05) is 13.1 Å². The molecule has 1 aliphatic rings. The minimum Gasteiger partial charge on any atom is -0.351 e. The van der Waals surface area contributed by atoms with E-state index in [0.29, 0.717) is 6.54 Å². The maximum atomic E-state index is 11.4. The van der Waals surface area contributed by atoms with Gasteiger partial charge in [-0.2, -0.15) is 0 Å². The number of hydrogen-bond acceptors (Lipinski definition) is 3. The molecule has 0 radical (unpaired) electrons. The molecule has 3 N–H and O–H groups in total. The molecular weight excluding hydrogens is 238 g/mol. The molecule has 1 saturated heterocycles. The maximum Gasteiger partial charge on any atom is 0.236 e. The van der Waals surface area contributed by atoms with Crippen molar-refractivity contribution in [3.8, 4) is 0 Å². The van der Waals surface area contributed by atoms with E-state index in [1.807, 2.05) is 0 Å². The van der Waals surface area contributed by atoms with Crippen molar-refractivity contribution in [1.82, 2.24) is 10.2 Å². The van der Waals surface area contributed by atoms with Crippen LogP contribution >= 0.6 is 0 Å². The molecule has 0 bridgehead atoms. The van der Waals surface area contributed by atoms with Crippen molar-refractivity contribution < 1.29 is 4.79 Å². The van der Waals surface area contributed by atoms with Crippen LogP contribution in [-0.4, -0.2) is 29.9 Å². The van der Waals surface area contributed by atoms with Crippen LogP contribution in [0.25, 0.3) is 0 Å². The monoisotopic (exact) mass is 261 g/mol. The second-order valence-electron chi connectivity index (χ2n) is 5.31. The zero-order valence-corrected chi connectivity index (χ0v) is 11.6. The van der Waals surface area contributed by atoms with Gasteiger partial charge in [0.2, 0.25) is 5.91 Å². The highest BCUT2D eigenvalue weighted by atomic mass is 16.2. The summed E-state index contributed by atoms with van der Waals surface area (Å²) in [5, 5.41) is 2.82. The zero-order valence-electron chi connectivity index (χ0n) is 11.6. The Hall–Kier alpha value is -1.39. The van der Waals surface area contributed by atoms with Crippen LogP contribution in [0.3, 0.4) is 0 Å². The number of hydrogen-bond donors (Lipinski definition) is 2. The predicted molar refractivity (Wildman–Crippen MR) is 76.4 cm³/mol. The van der Waals surface area contributed by atoms with E-state index in [-0.39, 0.29) is 5.91 Å². The Balaban J connectivity index is 1.82. The average molecular weight is 261 g/mol. The van der Waals surface area contributed by atoms with Gasteiger partial charge >= 0.3 is 0 Å². The molecule has 1 heterocycles. The van der Waals surface area contributed by atoms with Crippen LogP contribution in [0.15, 0.2) is 24.3 Å². The van der Waals surface area contributed by atoms with Gasteiger partial charge < -0.3 is 11.1 Å². The van der Waals surface area contributed by atoms with Crippen LogP contribution in [0.1, 0.15) is 30.9 Å². The molecule has 1 aromatic rings. The van der Waals surface area contributed by atoms with Crippen molar-refractivity contribution >= 4 is 5.91 Å². The van der Waals surface area contributed by atoms with Gasteiger partial charge in [0, 0.05) is 13.1 Å². The molecule has 0 aliphatic carbocycles. The first-order valence-corrected chi connectivity index (χ1v) is 6.98. The first-order chi connectivity index (χ1) is 9.15. The minimum absolute atomic E-state index is 0.110. The first kappa shape index (κ1) is 14.0. The summed E-state index contributed by atoms with van der Waals surface area (Å²) < 4.78 is 0. The summed E-state index contributed by atoms with van der Waals surface area (Å²) in [6.45, 7) is 5.70. The molecule has 0 spiro atoms. The standard InChI is InChI=1S/C15H23N3O/c1-12(16)15(19)17-10-13-4-6-14(7-5-13)11-18-8-2-3-9-18/h4-7,12H,2-3,8-11,16H2,1H3,(H,17,19). The van der Waals surface area contributed by atoms with Crippen molar-refractivity contribution in [3.05, 3.63) is 35.4 Å². The molecule has 0 saturated carbocycles. The number of carbonyl (C=O) groups is 1. The number of carbonyl (C=O) groups excluding carboxylic acids is 1. The SMILES string of the molecule is CC(N)C(=O)NCc1ccc(CN2CCCC2)cc1. The predicted octanol–water partition coefficient (Wildman–Crippen LogP) is 1.25. The van der Waals surface area contributed by atoms with Crippen molar-refractivity contribution in [3.63, 3.8) is 0 Å². The number of benzene rings is 1. The molecule has 4 heteroatoms. The molecule has 1 atom stereocenters. The molecule has 1 aliphatic heterocycles. The summed E-state index contributed by atoms with van der Waals surface area (Å²) in [5.74, 6) is -0.110. The van der Waals surface area contributed by atoms with Gasteiger partial charge in [-0.05, 0) is 44.0 Å². The molecular formula is C15H23N3O. The van der Waals surface area contributed by atoms with Gasteiger partial charge in [-0.15, -0.1) is 0 Å². The summed E-state index contributed by atoms with van der Waals surface area (Å²) in [7, 11) is 0. The molecule has 104 valence electrons. The van der Waals surface area contributed by atoms with Gasteiger partial charge in [-0.3, -0.25) is 9.69 Å². The Kier molecular flexibility index (Phi) is 4.93. The number of nitrogens with two attached hydrogens (primary N) is 1. The van der Waals surface area contributed by atoms with Crippen LogP contribution in [0.4, 0.5) is 0 Å². The van der Waals surface area contributed by atoms with E-state index in [2.05, 4.69) is 34.5 Å². The largest absolute Gasteiger partial charge is 0.351 e. The van der Waals surface area contributed by atoms with Crippen LogP contribution < -0.4 is 11.1 Å². The highest BCUT2D eigenvalue weighted by Crippen LogP contribution is 2.13. The van der Waals surface area contributed by atoms with Crippen molar-refractivity contribution in [2.24, 2.45) is 5.73 Å². The van der Waals surface area contributed by atoms with Crippen LogP contribution in [0, 0.1) is 0 Å². The summed E-state index contributed by atoms with van der Waals surface area (Å²) in [6.07, 6.45) is 2.64. The Labute approximate surface area is 115 Å². The van der Waals surface area contributed by atoms with Crippen molar-refractivity contribution in [1.29, 1.82) is 0 Å². The molecule has 19 heavy (non-hydrogen) atoms. The average Bonchev–Trinajstić information content (AvgIpc) is 2.90. The lowest BCUT2D eigenvalue weighted by Crippen LogP contribution is -2.37. The Morgan fingerprint density at radius 1 is 1.26 bits per heavy atom. The van der Waals surface area contributed by atoms with Gasteiger partial charge in [0.15, 0.2) is 0 Å². The van der Waals surface area contributed by atoms with Gasteiger partial charge in [0.1, 0.15) is 0 Å². The van der Waals surface area contributed by atoms with E-state index in [4.69, 9.17) is 5.73 Å². The number of likely N-dealkylation sites (tertiary alicyclic amines) is 1. The van der Waals surface area contributed by atoms with Crippen LogP contribution in [0.5, 0.6) is 0 Å². The van der Waals surface area contributed by atoms with Gasteiger partial charge in [-0.1, -0.05) is 24.3 Å². The molecule has 4 nitrogen and oxygen atoms in total. The van der Waals surface area contributed by atoms with E-state index in [1.165, 1.54) is 31.5 Å². The quantitative estimate of drug-likeness (QED) is 0.838.